The first-order valence-electron chi connectivity index (χ1n) is 10.6. The van der Waals surface area contributed by atoms with Crippen LogP contribution in [0.4, 0.5) is 13.2 Å². The van der Waals surface area contributed by atoms with Crippen molar-refractivity contribution in [2.45, 2.75) is 38.3 Å². The minimum absolute atomic E-state index is 0.0860. The van der Waals surface area contributed by atoms with Crippen molar-refractivity contribution in [1.82, 2.24) is 0 Å². The summed E-state index contributed by atoms with van der Waals surface area (Å²) in [5, 5.41) is 0. The van der Waals surface area contributed by atoms with Crippen LogP contribution >= 0.6 is 15.9 Å². The van der Waals surface area contributed by atoms with Crippen LogP contribution in [0.1, 0.15) is 48.8 Å². The Morgan fingerprint density at radius 3 is 1.97 bits per heavy atom. The van der Waals surface area contributed by atoms with Crippen LogP contribution in [0.2, 0.25) is 0 Å². The highest BCUT2D eigenvalue weighted by atomic mass is 79.9. The molecule has 1 nitrogen and oxygen atoms in total. The second-order valence-electron chi connectivity index (χ2n) is 9.06. The quantitative estimate of drug-likeness (QED) is 0.440. The lowest BCUT2D eigenvalue weighted by atomic mass is 9.53. The van der Waals surface area contributed by atoms with E-state index in [4.69, 9.17) is 4.74 Å². The highest BCUT2D eigenvalue weighted by Gasteiger charge is 2.46. The lowest BCUT2D eigenvalue weighted by molar-refractivity contribution is -0.138. The van der Waals surface area contributed by atoms with Crippen LogP contribution < -0.4 is 4.74 Å². The number of hydrogen-bond acceptors (Lipinski definition) is 1. The van der Waals surface area contributed by atoms with E-state index < -0.39 is 11.7 Å². The van der Waals surface area contributed by atoms with Crippen LogP contribution in [-0.2, 0) is 6.18 Å². The number of hydrogen-bond donors (Lipinski definition) is 0. The summed E-state index contributed by atoms with van der Waals surface area (Å²) in [7, 11) is 1.62. The van der Waals surface area contributed by atoms with Crippen molar-refractivity contribution >= 4 is 21.5 Å². The van der Waals surface area contributed by atoms with Crippen molar-refractivity contribution in [3.63, 3.8) is 0 Å². The van der Waals surface area contributed by atoms with E-state index in [9.17, 15) is 13.2 Å². The summed E-state index contributed by atoms with van der Waals surface area (Å²) in [6.45, 7) is 0. The standard InChI is InChI=1S/C25H24BrF3O/c1-30-20-5-2-16(3-6-20)23(17-4-7-22(26)21(13-17)25(27,28)29)24-18-9-14-8-15(11-18)12-19(24)10-14/h2-7,13-15,18-19H,8-12H2,1H3. The molecule has 4 fully saturated rings. The Morgan fingerprint density at radius 2 is 1.43 bits per heavy atom. The zero-order valence-electron chi connectivity index (χ0n) is 16.8. The van der Waals surface area contributed by atoms with E-state index >= 15 is 0 Å². The van der Waals surface area contributed by atoms with Gasteiger partial charge in [-0.25, -0.2) is 0 Å². The summed E-state index contributed by atoms with van der Waals surface area (Å²) in [5.41, 5.74) is 3.43. The van der Waals surface area contributed by atoms with Gasteiger partial charge in [-0.15, -0.1) is 0 Å². The molecular weight excluding hydrogens is 453 g/mol. The van der Waals surface area contributed by atoms with Crippen LogP contribution in [0, 0.1) is 23.7 Å². The number of benzene rings is 2. The van der Waals surface area contributed by atoms with Crippen LogP contribution in [-0.4, -0.2) is 7.11 Å². The molecule has 4 bridgehead atoms. The molecule has 0 aromatic heterocycles. The third kappa shape index (κ3) is 3.49. The molecule has 2 aromatic rings. The van der Waals surface area contributed by atoms with Gasteiger partial charge in [-0.1, -0.05) is 39.7 Å². The first kappa shape index (κ1) is 20.2. The van der Waals surface area contributed by atoms with Gasteiger partial charge in [0.1, 0.15) is 5.75 Å². The number of ether oxygens (including phenoxy) is 1. The Hall–Kier alpha value is -1.75. The van der Waals surface area contributed by atoms with Gasteiger partial charge in [0.25, 0.3) is 0 Å². The maximum Gasteiger partial charge on any atom is 0.417 e. The number of alkyl halides is 3. The molecule has 4 saturated carbocycles. The Labute approximate surface area is 183 Å². The minimum atomic E-state index is -4.39. The first-order chi connectivity index (χ1) is 14.3. The number of allylic oxidation sites excluding steroid dienone is 1. The maximum atomic E-state index is 13.7. The second-order valence-corrected chi connectivity index (χ2v) is 9.91. The molecule has 0 spiro atoms. The average Bonchev–Trinajstić information content (AvgIpc) is 2.70. The summed E-state index contributed by atoms with van der Waals surface area (Å²) >= 11 is 3.10. The molecule has 0 heterocycles. The molecule has 0 radical (unpaired) electrons. The summed E-state index contributed by atoms with van der Waals surface area (Å²) in [6.07, 6.45) is 1.69. The normalized spacial score (nSPS) is 27.4. The van der Waals surface area contributed by atoms with Crippen LogP contribution in [0.3, 0.4) is 0 Å². The number of halogens is 4. The highest BCUT2D eigenvalue weighted by Crippen LogP contribution is 2.58. The van der Waals surface area contributed by atoms with E-state index in [2.05, 4.69) is 15.9 Å². The topological polar surface area (TPSA) is 9.23 Å². The molecule has 6 rings (SSSR count). The molecule has 0 saturated heterocycles. The van der Waals surface area contributed by atoms with Gasteiger partial charge in [0.15, 0.2) is 0 Å². The molecular formula is C25H24BrF3O. The van der Waals surface area contributed by atoms with Crippen molar-refractivity contribution in [3.8, 4) is 5.75 Å². The molecule has 0 aliphatic heterocycles. The summed E-state index contributed by atoms with van der Waals surface area (Å²) in [5.74, 6) is 3.33. The molecule has 0 N–H and O–H groups in total. The third-order valence-corrected chi connectivity index (χ3v) is 7.94. The summed E-state index contributed by atoms with van der Waals surface area (Å²) < 4.78 is 46.4. The Balaban J connectivity index is 1.70. The average molecular weight is 477 g/mol. The largest absolute Gasteiger partial charge is 0.497 e. The van der Waals surface area contributed by atoms with Gasteiger partial charge in [-0.05, 0) is 96.7 Å². The van der Waals surface area contributed by atoms with Crippen molar-refractivity contribution in [2.75, 3.05) is 7.11 Å². The van der Waals surface area contributed by atoms with Gasteiger partial charge in [-0.3, -0.25) is 0 Å². The molecule has 2 aromatic carbocycles. The van der Waals surface area contributed by atoms with Gasteiger partial charge < -0.3 is 4.74 Å². The van der Waals surface area contributed by atoms with Crippen LogP contribution in [0.25, 0.3) is 5.57 Å². The number of methoxy groups -OCH3 is 1. The maximum absolute atomic E-state index is 13.7. The second kappa shape index (κ2) is 7.44. The smallest absolute Gasteiger partial charge is 0.417 e. The Bertz CT molecular complexity index is 960. The van der Waals surface area contributed by atoms with Gasteiger partial charge in [0.2, 0.25) is 0 Å². The summed E-state index contributed by atoms with van der Waals surface area (Å²) in [4.78, 5) is 0. The van der Waals surface area contributed by atoms with E-state index in [0.29, 0.717) is 17.4 Å². The number of rotatable bonds is 3. The predicted octanol–water partition coefficient (Wildman–Crippen LogP) is 7.73. The van der Waals surface area contributed by atoms with Gasteiger partial charge >= 0.3 is 6.18 Å². The molecule has 4 aliphatic rings. The summed E-state index contributed by atoms with van der Waals surface area (Å²) in [6, 6.07) is 12.5. The predicted molar refractivity (Wildman–Crippen MR) is 115 cm³/mol. The van der Waals surface area contributed by atoms with Crippen molar-refractivity contribution in [3.05, 3.63) is 69.2 Å². The molecule has 5 heteroatoms. The van der Waals surface area contributed by atoms with E-state index in [0.717, 1.165) is 28.7 Å². The van der Waals surface area contributed by atoms with Gasteiger partial charge in [0.05, 0.1) is 12.7 Å². The van der Waals surface area contributed by atoms with Gasteiger partial charge in [-0.2, -0.15) is 13.2 Å². The fourth-order valence-electron chi connectivity index (χ4n) is 6.26. The fraction of sp³-hybridized carbons (Fsp3) is 0.440. The van der Waals surface area contributed by atoms with E-state index in [1.807, 2.05) is 30.3 Å². The lowest BCUT2D eigenvalue weighted by Crippen LogP contribution is -2.40. The molecule has 0 amide bonds. The molecule has 158 valence electrons. The lowest BCUT2D eigenvalue weighted by Gasteiger charge is -2.52. The van der Waals surface area contributed by atoms with E-state index in [-0.39, 0.29) is 4.47 Å². The van der Waals surface area contributed by atoms with Crippen molar-refractivity contribution in [2.24, 2.45) is 23.7 Å². The van der Waals surface area contributed by atoms with Gasteiger partial charge in [0, 0.05) is 4.47 Å². The minimum Gasteiger partial charge on any atom is -0.497 e. The molecule has 4 aliphatic carbocycles. The van der Waals surface area contributed by atoms with E-state index in [1.165, 1.54) is 49.8 Å². The monoisotopic (exact) mass is 476 g/mol. The zero-order chi connectivity index (χ0) is 21.0. The molecule has 0 atom stereocenters. The SMILES string of the molecule is COc1ccc(C(=C2C3CC4CC(C3)CC2C4)c2ccc(Br)c(C(F)(F)F)c2)cc1. The van der Waals surface area contributed by atoms with Crippen LogP contribution in [0.5, 0.6) is 5.75 Å². The fourth-order valence-corrected chi connectivity index (χ4v) is 6.73. The Kier molecular flexibility index (Phi) is 5.00. The van der Waals surface area contributed by atoms with Crippen LogP contribution in [0.15, 0.2) is 52.5 Å². The molecule has 30 heavy (non-hydrogen) atoms. The Morgan fingerprint density at radius 1 is 0.867 bits per heavy atom. The third-order valence-electron chi connectivity index (χ3n) is 7.25. The first-order valence-corrected chi connectivity index (χ1v) is 11.4. The molecule has 0 unspecified atom stereocenters. The van der Waals surface area contributed by atoms with Crippen molar-refractivity contribution in [1.29, 1.82) is 0 Å². The highest BCUT2D eigenvalue weighted by molar-refractivity contribution is 9.10. The van der Waals surface area contributed by atoms with Crippen molar-refractivity contribution < 1.29 is 17.9 Å². The van der Waals surface area contributed by atoms with E-state index in [1.54, 1.807) is 7.11 Å². The zero-order valence-corrected chi connectivity index (χ0v) is 18.4.